The normalized spacial score (nSPS) is 13.8. The van der Waals surface area contributed by atoms with Gasteiger partial charge in [-0.1, -0.05) is 6.92 Å². The minimum Gasteiger partial charge on any atom is -0.282 e. The van der Waals surface area contributed by atoms with Gasteiger partial charge in [0.05, 0.1) is 5.69 Å². The predicted molar refractivity (Wildman–Crippen MR) is 110 cm³/mol. The summed E-state index contributed by atoms with van der Waals surface area (Å²) in [6.45, 7) is 4.24. The second kappa shape index (κ2) is 6.55. The second-order valence-corrected chi connectivity index (χ2v) is 7.59. The summed E-state index contributed by atoms with van der Waals surface area (Å²) in [7, 11) is 2.05. The van der Waals surface area contributed by atoms with Crippen molar-refractivity contribution in [1.82, 2.24) is 29.9 Å². The van der Waals surface area contributed by atoms with Gasteiger partial charge < -0.3 is 0 Å². The average Bonchev–Trinajstić information content (AvgIpc) is 3.27. The fraction of sp³-hybridized carbons (Fsp3) is 0.364. The third kappa shape index (κ3) is 2.55. The van der Waals surface area contributed by atoms with Gasteiger partial charge in [0.15, 0.2) is 0 Å². The maximum absolute atomic E-state index is 5.07. The summed E-state index contributed by atoms with van der Waals surface area (Å²) in [6, 6.07) is 4.18. The molecule has 1 aliphatic rings. The number of aromatic nitrogens is 6. The van der Waals surface area contributed by atoms with Crippen LogP contribution >= 0.6 is 0 Å². The lowest BCUT2D eigenvalue weighted by atomic mass is 9.94. The number of hydrogen-bond acceptors (Lipinski definition) is 4. The van der Waals surface area contributed by atoms with Gasteiger partial charge in [0, 0.05) is 41.8 Å². The van der Waals surface area contributed by atoms with Crippen molar-refractivity contribution in [3.63, 3.8) is 0 Å². The van der Waals surface area contributed by atoms with Gasteiger partial charge in [0.2, 0.25) is 0 Å². The van der Waals surface area contributed by atoms with E-state index in [0.717, 1.165) is 64.1 Å². The van der Waals surface area contributed by atoms with Crippen LogP contribution in [0.15, 0.2) is 24.5 Å². The Kier molecular flexibility index (Phi) is 4.00. The predicted octanol–water partition coefficient (Wildman–Crippen LogP) is 4.17. The molecule has 0 saturated heterocycles. The summed E-state index contributed by atoms with van der Waals surface area (Å²) in [5.41, 5.74) is 8.73. The molecule has 0 atom stereocenters. The molecule has 0 bridgehead atoms. The smallest absolute Gasteiger partial charge is 0.114 e. The molecule has 0 aliphatic heterocycles. The maximum Gasteiger partial charge on any atom is 0.114 e. The van der Waals surface area contributed by atoms with E-state index in [-0.39, 0.29) is 0 Å². The number of nitrogens with zero attached hydrogens (tertiary/aromatic N) is 5. The Hall–Kier alpha value is -3.02. The molecule has 5 rings (SSSR count). The summed E-state index contributed by atoms with van der Waals surface area (Å²) in [4.78, 5) is 9.41. The van der Waals surface area contributed by atoms with E-state index >= 15 is 0 Å². The van der Waals surface area contributed by atoms with Crippen molar-refractivity contribution in [2.75, 3.05) is 0 Å². The Morgan fingerprint density at radius 1 is 1.14 bits per heavy atom. The van der Waals surface area contributed by atoms with Crippen LogP contribution in [0.5, 0.6) is 0 Å². The minimum atomic E-state index is 0.879. The zero-order valence-electron chi connectivity index (χ0n) is 16.6. The molecule has 1 aliphatic carbocycles. The quantitative estimate of drug-likeness (QED) is 0.586. The zero-order chi connectivity index (χ0) is 19.3. The third-order valence-electron chi connectivity index (χ3n) is 5.93. The van der Waals surface area contributed by atoms with Crippen molar-refractivity contribution < 1.29 is 0 Å². The molecule has 4 aromatic rings. The molecular formula is C22H24N6. The molecule has 0 saturated carbocycles. The van der Waals surface area contributed by atoms with Gasteiger partial charge in [-0.15, -0.1) is 0 Å². The van der Waals surface area contributed by atoms with Crippen molar-refractivity contribution in [2.24, 2.45) is 7.05 Å². The highest BCUT2D eigenvalue weighted by molar-refractivity contribution is 5.96. The molecule has 0 aromatic carbocycles. The number of aryl methyl sites for hydroxylation is 2. The van der Waals surface area contributed by atoms with E-state index in [1.165, 1.54) is 24.1 Å². The Morgan fingerprint density at radius 2 is 2.00 bits per heavy atom. The SMILES string of the molecule is CCc1[nH]nc(-c2nc(-c3nn(C)c4c3CCCC4)cc3ccncc23)c1C. The molecule has 4 aromatic heterocycles. The summed E-state index contributed by atoms with van der Waals surface area (Å²) < 4.78 is 2.04. The van der Waals surface area contributed by atoms with E-state index in [1.807, 2.05) is 30.2 Å². The van der Waals surface area contributed by atoms with E-state index < -0.39 is 0 Å². The maximum atomic E-state index is 5.07. The van der Waals surface area contributed by atoms with Crippen molar-refractivity contribution in [2.45, 2.75) is 46.0 Å². The molecule has 0 fully saturated rings. The number of rotatable bonds is 3. The molecule has 142 valence electrons. The summed E-state index contributed by atoms with van der Waals surface area (Å²) in [5.74, 6) is 0. The van der Waals surface area contributed by atoms with Gasteiger partial charge in [-0.2, -0.15) is 10.2 Å². The Labute approximate surface area is 164 Å². The molecule has 6 nitrogen and oxygen atoms in total. The van der Waals surface area contributed by atoms with Gasteiger partial charge in [-0.25, -0.2) is 4.98 Å². The minimum absolute atomic E-state index is 0.879. The number of H-pyrrole nitrogens is 1. The van der Waals surface area contributed by atoms with Crippen molar-refractivity contribution in [3.05, 3.63) is 47.0 Å². The Bertz CT molecular complexity index is 1180. The number of aromatic amines is 1. The zero-order valence-corrected chi connectivity index (χ0v) is 16.6. The average molecular weight is 372 g/mol. The van der Waals surface area contributed by atoms with Crippen molar-refractivity contribution in [1.29, 1.82) is 0 Å². The van der Waals surface area contributed by atoms with Crippen LogP contribution in [0.1, 0.15) is 42.3 Å². The van der Waals surface area contributed by atoms with E-state index in [1.54, 1.807) is 0 Å². The highest BCUT2D eigenvalue weighted by atomic mass is 15.3. The number of hydrogen-bond donors (Lipinski definition) is 1. The van der Waals surface area contributed by atoms with Gasteiger partial charge in [-0.3, -0.25) is 14.8 Å². The first-order valence-corrected chi connectivity index (χ1v) is 10.0. The molecule has 0 unspecified atom stereocenters. The molecule has 0 radical (unpaired) electrons. The number of nitrogens with one attached hydrogen (secondary N) is 1. The highest BCUT2D eigenvalue weighted by Gasteiger charge is 2.23. The molecular weight excluding hydrogens is 348 g/mol. The number of fused-ring (bicyclic) bond motifs is 2. The molecule has 0 spiro atoms. The van der Waals surface area contributed by atoms with Gasteiger partial charge in [0.25, 0.3) is 0 Å². The van der Waals surface area contributed by atoms with Crippen LogP contribution < -0.4 is 0 Å². The fourth-order valence-electron chi connectivity index (χ4n) is 4.38. The van der Waals surface area contributed by atoms with Crippen molar-refractivity contribution in [3.8, 4) is 22.8 Å². The molecule has 28 heavy (non-hydrogen) atoms. The summed E-state index contributed by atoms with van der Waals surface area (Å²) in [5, 5.41) is 14.8. The van der Waals surface area contributed by atoms with Crippen LogP contribution in [0, 0.1) is 6.92 Å². The van der Waals surface area contributed by atoms with Crippen LogP contribution in [0.25, 0.3) is 33.5 Å². The fourth-order valence-corrected chi connectivity index (χ4v) is 4.38. The Balaban J connectivity index is 1.77. The first kappa shape index (κ1) is 17.1. The molecule has 4 heterocycles. The highest BCUT2D eigenvalue weighted by Crippen LogP contribution is 2.35. The lowest BCUT2D eigenvalue weighted by molar-refractivity contribution is 0.626. The molecule has 6 heteroatoms. The standard InChI is InChI=1S/C22H24N6/c1-4-17-13(2)20(26-25-17)22-16-12-23-10-9-14(16)11-18(24-22)21-15-7-5-6-8-19(15)28(3)27-21/h9-12H,4-8H2,1-3H3,(H,25,26). The summed E-state index contributed by atoms with van der Waals surface area (Å²) >= 11 is 0. The van der Waals surface area contributed by atoms with E-state index in [2.05, 4.69) is 35.1 Å². The lowest BCUT2D eigenvalue weighted by Gasteiger charge is -2.13. The van der Waals surface area contributed by atoms with E-state index in [9.17, 15) is 0 Å². The van der Waals surface area contributed by atoms with Crippen molar-refractivity contribution >= 4 is 10.8 Å². The van der Waals surface area contributed by atoms with Crippen LogP contribution in [0.4, 0.5) is 0 Å². The van der Waals surface area contributed by atoms with E-state index in [4.69, 9.17) is 10.1 Å². The second-order valence-electron chi connectivity index (χ2n) is 7.59. The van der Waals surface area contributed by atoms with E-state index in [0.29, 0.717) is 0 Å². The molecule has 1 N–H and O–H groups in total. The Morgan fingerprint density at radius 3 is 2.82 bits per heavy atom. The van der Waals surface area contributed by atoms with Crippen LogP contribution in [-0.2, 0) is 26.3 Å². The topological polar surface area (TPSA) is 72.3 Å². The third-order valence-corrected chi connectivity index (χ3v) is 5.93. The first-order chi connectivity index (χ1) is 13.7. The van der Waals surface area contributed by atoms with Crippen LogP contribution in [0.3, 0.4) is 0 Å². The van der Waals surface area contributed by atoms with Gasteiger partial charge in [0.1, 0.15) is 17.1 Å². The largest absolute Gasteiger partial charge is 0.282 e. The number of pyridine rings is 2. The van der Waals surface area contributed by atoms with Crippen LogP contribution in [-0.4, -0.2) is 29.9 Å². The van der Waals surface area contributed by atoms with Gasteiger partial charge >= 0.3 is 0 Å². The van der Waals surface area contributed by atoms with Crippen LogP contribution in [0.2, 0.25) is 0 Å². The summed E-state index contributed by atoms with van der Waals surface area (Å²) in [6.07, 6.45) is 9.26. The monoisotopic (exact) mass is 372 g/mol. The van der Waals surface area contributed by atoms with Gasteiger partial charge in [-0.05, 0) is 62.1 Å². The molecule has 0 amide bonds. The lowest BCUT2D eigenvalue weighted by Crippen LogP contribution is -2.05. The first-order valence-electron chi connectivity index (χ1n) is 10.0.